The van der Waals surface area contributed by atoms with E-state index >= 15 is 0 Å². The summed E-state index contributed by atoms with van der Waals surface area (Å²) >= 11 is 0. The molecule has 0 aliphatic heterocycles. The Kier molecular flexibility index (Phi) is 4.81. The lowest BCUT2D eigenvalue weighted by atomic mass is 9.80. The number of hydrogen-bond acceptors (Lipinski definition) is 2. The largest absolute Gasteiger partial charge is 0.469 e. The van der Waals surface area contributed by atoms with Gasteiger partial charge in [-0.25, -0.2) is 0 Å². The maximum absolute atomic E-state index is 5.48. The molecule has 0 amide bonds. The maximum Gasteiger partial charge on any atom is 0.104 e. The van der Waals surface area contributed by atoms with E-state index in [2.05, 4.69) is 46.0 Å². The van der Waals surface area contributed by atoms with Crippen LogP contribution in [0.15, 0.2) is 22.8 Å². The predicted molar refractivity (Wildman–Crippen MR) is 73.2 cm³/mol. The van der Waals surface area contributed by atoms with Crippen LogP contribution in [0.4, 0.5) is 0 Å². The maximum atomic E-state index is 5.48. The van der Waals surface area contributed by atoms with Crippen molar-refractivity contribution < 1.29 is 4.42 Å². The summed E-state index contributed by atoms with van der Waals surface area (Å²) in [6.07, 6.45) is 5.20. The second-order valence-electron chi connectivity index (χ2n) is 6.42. The molecule has 98 valence electrons. The van der Waals surface area contributed by atoms with Gasteiger partial charge in [0, 0.05) is 18.5 Å². The number of rotatable bonds is 6. The molecule has 0 aliphatic carbocycles. The van der Waals surface area contributed by atoms with Crippen molar-refractivity contribution >= 4 is 0 Å². The van der Waals surface area contributed by atoms with Crippen molar-refractivity contribution in [2.45, 2.75) is 59.4 Å². The lowest BCUT2D eigenvalue weighted by molar-refractivity contribution is 0.230. The van der Waals surface area contributed by atoms with Gasteiger partial charge in [-0.1, -0.05) is 20.3 Å². The highest BCUT2D eigenvalue weighted by Crippen LogP contribution is 2.28. The van der Waals surface area contributed by atoms with Crippen LogP contribution >= 0.6 is 0 Å². The number of nitrogens with one attached hydrogen (secondary N) is 1. The first-order valence-corrected chi connectivity index (χ1v) is 6.62. The van der Waals surface area contributed by atoms with Gasteiger partial charge in [-0.3, -0.25) is 0 Å². The first-order chi connectivity index (χ1) is 7.85. The molecule has 2 nitrogen and oxygen atoms in total. The van der Waals surface area contributed by atoms with Gasteiger partial charge in [-0.05, 0) is 44.7 Å². The fourth-order valence-electron chi connectivity index (χ4n) is 2.16. The summed E-state index contributed by atoms with van der Waals surface area (Å²) in [5.41, 5.74) is 0.456. The van der Waals surface area contributed by atoms with Crippen LogP contribution in [0.2, 0.25) is 0 Å². The molecule has 0 bridgehead atoms. The second-order valence-corrected chi connectivity index (χ2v) is 6.42. The fourth-order valence-corrected chi connectivity index (χ4v) is 2.16. The lowest BCUT2D eigenvalue weighted by Crippen LogP contribution is -2.43. The van der Waals surface area contributed by atoms with Gasteiger partial charge in [0.25, 0.3) is 0 Å². The van der Waals surface area contributed by atoms with Crippen molar-refractivity contribution in [1.82, 2.24) is 5.32 Å². The average Bonchev–Trinajstić information content (AvgIpc) is 2.67. The van der Waals surface area contributed by atoms with E-state index in [1.807, 2.05) is 6.07 Å². The van der Waals surface area contributed by atoms with Gasteiger partial charge in [0.15, 0.2) is 0 Å². The van der Waals surface area contributed by atoms with Crippen LogP contribution in [0, 0.1) is 5.41 Å². The zero-order valence-corrected chi connectivity index (χ0v) is 12.0. The van der Waals surface area contributed by atoms with Crippen LogP contribution in [-0.2, 0) is 6.42 Å². The molecular weight excluding hydrogens is 210 g/mol. The first kappa shape index (κ1) is 14.3. The molecule has 0 saturated carbocycles. The van der Waals surface area contributed by atoms with Gasteiger partial charge in [0.2, 0.25) is 0 Å². The Morgan fingerprint density at radius 2 is 1.94 bits per heavy atom. The lowest BCUT2D eigenvalue weighted by Gasteiger charge is -2.33. The molecular formula is C15H27NO. The Hall–Kier alpha value is -0.760. The van der Waals surface area contributed by atoms with Crippen molar-refractivity contribution in [3.63, 3.8) is 0 Å². The molecule has 0 radical (unpaired) electrons. The van der Waals surface area contributed by atoms with E-state index in [4.69, 9.17) is 4.42 Å². The molecule has 1 heterocycles. The van der Waals surface area contributed by atoms with Crippen molar-refractivity contribution in [2.75, 3.05) is 6.54 Å². The summed E-state index contributed by atoms with van der Waals surface area (Å²) < 4.78 is 5.48. The third-order valence-corrected chi connectivity index (χ3v) is 3.08. The molecule has 17 heavy (non-hydrogen) atoms. The van der Waals surface area contributed by atoms with Gasteiger partial charge >= 0.3 is 0 Å². The molecule has 0 saturated heterocycles. The molecule has 1 unspecified atom stereocenters. The highest BCUT2D eigenvalue weighted by Gasteiger charge is 2.26. The van der Waals surface area contributed by atoms with Crippen LogP contribution in [0.1, 0.15) is 53.2 Å². The standard InChI is InChI=1S/C15H27NO/c1-6-9-15(5,12-16-14(2,3)4)11-13-8-7-10-17-13/h7-8,10,16H,6,9,11-12H2,1-5H3. The highest BCUT2D eigenvalue weighted by atomic mass is 16.3. The van der Waals surface area contributed by atoms with Crippen LogP contribution in [0.5, 0.6) is 0 Å². The molecule has 1 N–H and O–H groups in total. The van der Waals surface area contributed by atoms with Crippen LogP contribution in [-0.4, -0.2) is 12.1 Å². The van der Waals surface area contributed by atoms with E-state index in [9.17, 15) is 0 Å². The second kappa shape index (κ2) is 5.72. The van der Waals surface area contributed by atoms with Crippen LogP contribution in [0.25, 0.3) is 0 Å². The van der Waals surface area contributed by atoms with E-state index in [1.54, 1.807) is 6.26 Å². The molecule has 0 spiro atoms. The van der Waals surface area contributed by atoms with Crippen molar-refractivity contribution in [3.8, 4) is 0 Å². The molecule has 0 aliphatic rings. The van der Waals surface area contributed by atoms with Crippen molar-refractivity contribution in [3.05, 3.63) is 24.2 Å². The quantitative estimate of drug-likeness (QED) is 0.808. The fraction of sp³-hybridized carbons (Fsp3) is 0.733. The minimum Gasteiger partial charge on any atom is -0.469 e. The molecule has 2 heteroatoms. The molecule has 1 atom stereocenters. The zero-order chi connectivity index (χ0) is 12.9. The Morgan fingerprint density at radius 3 is 2.41 bits per heavy atom. The topological polar surface area (TPSA) is 25.2 Å². The van der Waals surface area contributed by atoms with E-state index in [0.29, 0.717) is 0 Å². The van der Waals surface area contributed by atoms with Gasteiger partial charge in [-0.15, -0.1) is 0 Å². The minimum absolute atomic E-state index is 0.179. The Balaban J connectivity index is 2.61. The monoisotopic (exact) mass is 237 g/mol. The van der Waals surface area contributed by atoms with E-state index < -0.39 is 0 Å². The number of hydrogen-bond donors (Lipinski definition) is 1. The molecule has 0 aromatic carbocycles. The zero-order valence-electron chi connectivity index (χ0n) is 12.0. The third-order valence-electron chi connectivity index (χ3n) is 3.08. The normalized spacial score (nSPS) is 15.8. The van der Waals surface area contributed by atoms with Crippen molar-refractivity contribution in [2.24, 2.45) is 5.41 Å². The van der Waals surface area contributed by atoms with Gasteiger partial charge < -0.3 is 9.73 Å². The van der Waals surface area contributed by atoms with Crippen LogP contribution in [0.3, 0.4) is 0 Å². The summed E-state index contributed by atoms with van der Waals surface area (Å²) in [6, 6.07) is 4.05. The minimum atomic E-state index is 0.179. The predicted octanol–water partition coefficient (Wildman–Crippen LogP) is 4.02. The van der Waals surface area contributed by atoms with E-state index in [0.717, 1.165) is 18.7 Å². The summed E-state index contributed by atoms with van der Waals surface area (Å²) in [4.78, 5) is 0. The first-order valence-electron chi connectivity index (χ1n) is 6.62. The van der Waals surface area contributed by atoms with Crippen molar-refractivity contribution in [1.29, 1.82) is 0 Å². The van der Waals surface area contributed by atoms with Crippen LogP contribution < -0.4 is 5.32 Å². The Morgan fingerprint density at radius 1 is 1.24 bits per heavy atom. The molecule has 0 fully saturated rings. The highest BCUT2D eigenvalue weighted by molar-refractivity contribution is 5.02. The Bertz CT molecular complexity index is 310. The smallest absolute Gasteiger partial charge is 0.104 e. The third kappa shape index (κ3) is 5.40. The Labute approximate surface area is 106 Å². The molecule has 1 rings (SSSR count). The van der Waals surface area contributed by atoms with E-state index in [1.165, 1.54) is 12.8 Å². The number of furan rings is 1. The summed E-state index contributed by atoms with van der Waals surface area (Å²) in [7, 11) is 0. The average molecular weight is 237 g/mol. The van der Waals surface area contributed by atoms with Gasteiger partial charge in [-0.2, -0.15) is 0 Å². The summed E-state index contributed by atoms with van der Waals surface area (Å²) in [5, 5.41) is 3.62. The molecule has 1 aromatic heterocycles. The van der Waals surface area contributed by atoms with Gasteiger partial charge in [0.05, 0.1) is 6.26 Å². The van der Waals surface area contributed by atoms with E-state index in [-0.39, 0.29) is 11.0 Å². The molecule has 1 aromatic rings. The van der Waals surface area contributed by atoms with Gasteiger partial charge in [0.1, 0.15) is 5.76 Å². The summed E-state index contributed by atoms with van der Waals surface area (Å²) in [6.45, 7) is 12.3. The SMILES string of the molecule is CCCC(C)(CNC(C)(C)C)Cc1ccco1. The summed E-state index contributed by atoms with van der Waals surface area (Å²) in [5.74, 6) is 1.09.